The number of carbonyl (C=O) groups is 2. The smallest absolute Gasteiger partial charge is 0.407 e. The standard InChI is InChI=1S/C31H38N4O7S/c1-2-33-43(40,41)34-30(37)27-15-14-24(19-29(27)42-26-8-4-3-5-9-26)23-12-10-22(11-13-23)16-18-35(31(38)39)21-28(36)25-7-6-17-32-20-25/h6-7,10-15,17,19-20,26,28,33,36H,2-5,8-9,16,18,21H2,1H3,(H,34,37)(H,38,39)/t28-/m1/s1. The molecule has 1 heterocycles. The van der Waals surface area contributed by atoms with Gasteiger partial charge in [-0.15, -0.1) is 0 Å². The van der Waals surface area contributed by atoms with E-state index >= 15 is 0 Å². The molecule has 4 rings (SSSR count). The maximum absolute atomic E-state index is 12.9. The number of amides is 2. The fraction of sp³-hybridized carbons (Fsp3) is 0.387. The van der Waals surface area contributed by atoms with E-state index in [2.05, 4.69) is 9.71 Å². The molecule has 1 aliphatic rings. The molecule has 1 aliphatic carbocycles. The second-order valence-electron chi connectivity index (χ2n) is 10.5. The molecule has 2 aromatic carbocycles. The van der Waals surface area contributed by atoms with E-state index in [-0.39, 0.29) is 31.3 Å². The molecule has 43 heavy (non-hydrogen) atoms. The Morgan fingerprint density at radius 2 is 1.79 bits per heavy atom. The predicted molar refractivity (Wildman–Crippen MR) is 162 cm³/mol. The summed E-state index contributed by atoms with van der Waals surface area (Å²) in [5.41, 5.74) is 3.23. The van der Waals surface area contributed by atoms with E-state index in [1.54, 1.807) is 43.5 Å². The molecule has 0 spiro atoms. The van der Waals surface area contributed by atoms with E-state index in [0.29, 0.717) is 17.7 Å². The summed E-state index contributed by atoms with van der Waals surface area (Å²) in [7, 11) is -4.00. The van der Waals surface area contributed by atoms with Gasteiger partial charge in [-0.2, -0.15) is 13.1 Å². The molecular weight excluding hydrogens is 572 g/mol. The summed E-state index contributed by atoms with van der Waals surface area (Å²) in [6.45, 7) is 1.90. The number of benzene rings is 2. The molecule has 3 aromatic rings. The van der Waals surface area contributed by atoms with Crippen LogP contribution in [0.2, 0.25) is 0 Å². The van der Waals surface area contributed by atoms with Crippen LogP contribution < -0.4 is 14.2 Å². The molecular formula is C31H38N4O7S. The molecule has 0 bridgehead atoms. The lowest BCUT2D eigenvalue weighted by atomic mass is 9.97. The van der Waals surface area contributed by atoms with Gasteiger partial charge in [0.1, 0.15) is 5.75 Å². The highest BCUT2D eigenvalue weighted by atomic mass is 32.2. The average molecular weight is 611 g/mol. The van der Waals surface area contributed by atoms with Gasteiger partial charge in [-0.3, -0.25) is 9.78 Å². The quantitative estimate of drug-likeness (QED) is 0.223. The maximum Gasteiger partial charge on any atom is 0.407 e. The number of ether oxygens (including phenoxy) is 1. The van der Waals surface area contributed by atoms with Gasteiger partial charge in [0, 0.05) is 31.0 Å². The summed E-state index contributed by atoms with van der Waals surface area (Å²) in [6, 6.07) is 16.1. The number of aliphatic hydroxyl groups excluding tert-OH is 1. The Bertz CT molecular complexity index is 1480. The van der Waals surface area contributed by atoms with Crippen LogP contribution in [0.15, 0.2) is 67.0 Å². The maximum atomic E-state index is 12.9. The van der Waals surface area contributed by atoms with Gasteiger partial charge in [0.2, 0.25) is 0 Å². The Balaban J connectivity index is 1.48. The number of nitrogens with one attached hydrogen (secondary N) is 2. The van der Waals surface area contributed by atoms with Gasteiger partial charge in [0.25, 0.3) is 5.91 Å². The van der Waals surface area contributed by atoms with Gasteiger partial charge in [-0.05, 0) is 67.0 Å². The predicted octanol–water partition coefficient (Wildman–Crippen LogP) is 4.30. The molecule has 0 aliphatic heterocycles. The average Bonchev–Trinajstić information content (AvgIpc) is 3.00. The third-order valence-corrected chi connectivity index (χ3v) is 8.45. The van der Waals surface area contributed by atoms with E-state index in [9.17, 15) is 28.2 Å². The van der Waals surface area contributed by atoms with Crippen molar-refractivity contribution in [1.82, 2.24) is 19.3 Å². The van der Waals surface area contributed by atoms with E-state index in [1.165, 1.54) is 11.1 Å². The van der Waals surface area contributed by atoms with Crippen molar-refractivity contribution in [3.8, 4) is 16.9 Å². The molecule has 0 saturated heterocycles. The first kappa shape index (κ1) is 31.9. The molecule has 1 saturated carbocycles. The van der Waals surface area contributed by atoms with Crippen molar-refractivity contribution >= 4 is 22.2 Å². The minimum Gasteiger partial charge on any atom is -0.490 e. The van der Waals surface area contributed by atoms with Crippen LogP contribution >= 0.6 is 0 Å². The first-order valence-electron chi connectivity index (χ1n) is 14.4. The van der Waals surface area contributed by atoms with Crippen LogP contribution in [0.4, 0.5) is 4.79 Å². The lowest BCUT2D eigenvalue weighted by molar-refractivity contribution is 0.0966. The zero-order valence-corrected chi connectivity index (χ0v) is 24.9. The summed E-state index contributed by atoms with van der Waals surface area (Å²) in [6.07, 6.45) is 6.31. The second-order valence-corrected chi connectivity index (χ2v) is 12.0. The van der Waals surface area contributed by atoms with Crippen LogP contribution in [0.1, 0.15) is 66.6 Å². The number of nitrogens with zero attached hydrogens (tertiary/aromatic N) is 2. The van der Waals surface area contributed by atoms with E-state index in [4.69, 9.17) is 4.74 Å². The minimum absolute atomic E-state index is 0.0582. The largest absolute Gasteiger partial charge is 0.490 e. The van der Waals surface area contributed by atoms with Crippen LogP contribution in [0.25, 0.3) is 11.1 Å². The van der Waals surface area contributed by atoms with Crippen LogP contribution in [0, 0.1) is 0 Å². The van der Waals surface area contributed by atoms with Crippen LogP contribution in [0.5, 0.6) is 5.75 Å². The van der Waals surface area contributed by atoms with E-state index in [0.717, 1.165) is 48.8 Å². The van der Waals surface area contributed by atoms with Gasteiger partial charge < -0.3 is 19.8 Å². The number of aliphatic hydroxyl groups is 1. The summed E-state index contributed by atoms with van der Waals surface area (Å²) in [4.78, 5) is 29.9. The summed E-state index contributed by atoms with van der Waals surface area (Å²) in [5, 5.41) is 20.1. The van der Waals surface area contributed by atoms with E-state index < -0.39 is 28.3 Å². The van der Waals surface area contributed by atoms with Crippen molar-refractivity contribution in [1.29, 1.82) is 0 Å². The number of carbonyl (C=O) groups excluding carboxylic acids is 1. The fourth-order valence-electron chi connectivity index (χ4n) is 5.03. The molecule has 4 N–H and O–H groups in total. The molecule has 12 heteroatoms. The van der Waals surface area contributed by atoms with Crippen molar-refractivity contribution in [2.24, 2.45) is 0 Å². The Morgan fingerprint density at radius 1 is 1.07 bits per heavy atom. The van der Waals surface area contributed by atoms with Crippen molar-refractivity contribution in [2.75, 3.05) is 19.6 Å². The van der Waals surface area contributed by atoms with Gasteiger partial charge in [-0.1, -0.05) is 49.7 Å². The number of rotatable bonds is 13. The summed E-state index contributed by atoms with van der Waals surface area (Å²) < 4.78 is 34.9. The monoisotopic (exact) mass is 610 g/mol. The number of hydrogen-bond donors (Lipinski definition) is 4. The van der Waals surface area contributed by atoms with Crippen molar-refractivity contribution < 1.29 is 33.0 Å². The first-order valence-corrected chi connectivity index (χ1v) is 15.9. The molecule has 0 radical (unpaired) electrons. The van der Waals surface area contributed by atoms with Crippen molar-refractivity contribution in [3.63, 3.8) is 0 Å². The second kappa shape index (κ2) is 14.9. The Hall–Kier alpha value is -4.00. The van der Waals surface area contributed by atoms with Gasteiger partial charge in [-0.25, -0.2) is 9.52 Å². The zero-order valence-electron chi connectivity index (χ0n) is 24.1. The van der Waals surface area contributed by atoms with Gasteiger partial charge >= 0.3 is 16.3 Å². The molecule has 0 unspecified atom stereocenters. The van der Waals surface area contributed by atoms with Crippen LogP contribution in [-0.2, 0) is 16.6 Å². The molecule has 1 aromatic heterocycles. The number of pyridine rings is 1. The Labute approximate surface area is 252 Å². The highest BCUT2D eigenvalue weighted by Gasteiger charge is 2.23. The highest BCUT2D eigenvalue weighted by Crippen LogP contribution is 2.31. The fourth-order valence-corrected chi connectivity index (χ4v) is 5.84. The van der Waals surface area contributed by atoms with Crippen molar-refractivity contribution in [3.05, 3.63) is 83.7 Å². The van der Waals surface area contributed by atoms with Gasteiger partial charge in [0.15, 0.2) is 0 Å². The lowest BCUT2D eigenvalue weighted by Gasteiger charge is -2.24. The Morgan fingerprint density at radius 3 is 2.44 bits per heavy atom. The summed E-state index contributed by atoms with van der Waals surface area (Å²) in [5.74, 6) is -0.452. The molecule has 1 atom stereocenters. The lowest BCUT2D eigenvalue weighted by Crippen LogP contribution is -2.40. The third-order valence-electron chi connectivity index (χ3n) is 7.32. The van der Waals surface area contributed by atoms with Crippen molar-refractivity contribution in [2.45, 2.75) is 57.7 Å². The normalized spacial score (nSPS) is 14.6. The number of hydrogen-bond acceptors (Lipinski definition) is 7. The molecule has 1 fully saturated rings. The van der Waals surface area contributed by atoms with Crippen LogP contribution in [0.3, 0.4) is 0 Å². The van der Waals surface area contributed by atoms with Crippen LogP contribution in [-0.4, -0.2) is 66.3 Å². The SMILES string of the molecule is CCNS(=O)(=O)NC(=O)c1ccc(-c2ccc(CCN(C[C@@H](O)c3cccnc3)C(=O)O)cc2)cc1OC1CCCCC1. The summed E-state index contributed by atoms with van der Waals surface area (Å²) >= 11 is 0. The minimum atomic E-state index is -4.00. The number of aromatic nitrogens is 1. The number of carboxylic acid groups (broad SMARTS) is 1. The highest BCUT2D eigenvalue weighted by molar-refractivity contribution is 7.88. The Kier molecular flexibility index (Phi) is 11.1. The topological polar surface area (TPSA) is 158 Å². The van der Waals surface area contributed by atoms with Gasteiger partial charge in [0.05, 0.1) is 24.3 Å². The zero-order chi connectivity index (χ0) is 30.8. The first-order chi connectivity index (χ1) is 20.6. The molecule has 11 nitrogen and oxygen atoms in total. The third kappa shape index (κ3) is 9.24. The molecule has 230 valence electrons. The molecule has 2 amide bonds. The van der Waals surface area contributed by atoms with E-state index in [1.807, 2.05) is 29.0 Å².